The van der Waals surface area contributed by atoms with Gasteiger partial charge >= 0.3 is 5.97 Å². The lowest BCUT2D eigenvalue weighted by Gasteiger charge is -2.06. The highest BCUT2D eigenvalue weighted by Crippen LogP contribution is 2.22. The molecule has 134 valence electrons. The van der Waals surface area contributed by atoms with E-state index in [1.165, 1.54) is 50.6 Å². The highest BCUT2D eigenvalue weighted by molar-refractivity contribution is 7.95. The van der Waals surface area contributed by atoms with E-state index in [0.717, 1.165) is 6.20 Å². The lowest BCUT2D eigenvalue weighted by atomic mass is 10.2. The van der Waals surface area contributed by atoms with Crippen LogP contribution in [0.2, 0.25) is 0 Å². The zero-order valence-corrected chi connectivity index (χ0v) is 14.9. The fraction of sp³-hybridized carbons (Fsp3) is 0.111. The minimum absolute atomic E-state index is 0.0195. The number of benzene rings is 2. The van der Waals surface area contributed by atoms with Crippen molar-refractivity contribution < 1.29 is 22.7 Å². The van der Waals surface area contributed by atoms with E-state index in [1.807, 2.05) is 0 Å². The molecule has 0 bridgehead atoms. The largest absolute Gasteiger partial charge is 0.497 e. The monoisotopic (exact) mass is 372 g/mol. The number of methoxy groups -OCH3 is 2. The molecule has 0 atom stereocenters. The summed E-state index contributed by atoms with van der Waals surface area (Å²) in [5.74, 6) is 0.0298. The Bertz CT molecular complexity index is 956. The van der Waals surface area contributed by atoms with Crippen LogP contribution in [0.15, 0.2) is 64.5 Å². The first kappa shape index (κ1) is 19.0. The van der Waals surface area contributed by atoms with Crippen LogP contribution in [-0.2, 0) is 14.6 Å². The van der Waals surface area contributed by atoms with Gasteiger partial charge in [-0.05, 0) is 48.5 Å². The summed E-state index contributed by atoms with van der Waals surface area (Å²) in [4.78, 5) is 10.9. The van der Waals surface area contributed by atoms with Crippen LogP contribution in [0.3, 0.4) is 0 Å². The number of esters is 1. The van der Waals surface area contributed by atoms with Crippen molar-refractivity contribution in [2.45, 2.75) is 4.90 Å². The summed E-state index contributed by atoms with van der Waals surface area (Å²) in [6.07, 6.45) is 1.10. The summed E-state index contributed by atoms with van der Waals surface area (Å²) in [6.45, 7) is 0. The van der Waals surface area contributed by atoms with Crippen LogP contribution in [0, 0.1) is 11.3 Å². The second kappa shape index (κ2) is 8.18. The van der Waals surface area contributed by atoms with Gasteiger partial charge in [-0.3, -0.25) is 0 Å². The van der Waals surface area contributed by atoms with Gasteiger partial charge in [0.2, 0.25) is 9.84 Å². The van der Waals surface area contributed by atoms with Crippen LogP contribution in [0.4, 0.5) is 5.69 Å². The highest BCUT2D eigenvalue weighted by Gasteiger charge is 2.20. The van der Waals surface area contributed by atoms with E-state index in [9.17, 15) is 18.5 Å². The summed E-state index contributed by atoms with van der Waals surface area (Å²) in [5.41, 5.74) is 0.865. The van der Waals surface area contributed by atoms with E-state index in [1.54, 1.807) is 18.2 Å². The number of sulfone groups is 1. The molecule has 7 nitrogen and oxygen atoms in total. The first-order valence-corrected chi connectivity index (χ1v) is 8.85. The Labute approximate surface area is 151 Å². The molecule has 0 aliphatic carbocycles. The van der Waals surface area contributed by atoms with E-state index < -0.39 is 20.7 Å². The molecule has 0 aliphatic rings. The third-order valence-corrected chi connectivity index (χ3v) is 5.13. The van der Waals surface area contributed by atoms with Gasteiger partial charge in [0.1, 0.15) is 11.8 Å². The lowest BCUT2D eigenvalue weighted by Crippen LogP contribution is -2.06. The standard InChI is InChI=1S/C18H16N2O5S/c1-24-15-7-9-16(10-8-15)26(22,23)17(11-19)12-20-14-5-3-13(4-6-14)18(21)25-2/h3-10,12,20H,1-2H3. The normalized spacial score (nSPS) is 11.3. The summed E-state index contributed by atoms with van der Waals surface area (Å²) < 4.78 is 34.7. The molecule has 0 spiro atoms. The first-order chi connectivity index (χ1) is 12.4. The van der Waals surface area contributed by atoms with E-state index in [-0.39, 0.29) is 4.90 Å². The van der Waals surface area contributed by atoms with Crippen molar-refractivity contribution in [3.05, 3.63) is 65.2 Å². The van der Waals surface area contributed by atoms with E-state index in [4.69, 9.17) is 4.74 Å². The number of carbonyl (C=O) groups is 1. The Kier molecular flexibility index (Phi) is 5.98. The van der Waals surface area contributed by atoms with Crippen LogP contribution in [0.1, 0.15) is 10.4 Å². The lowest BCUT2D eigenvalue weighted by molar-refractivity contribution is 0.0600. The molecule has 0 saturated carbocycles. The molecule has 0 radical (unpaired) electrons. The molecule has 0 saturated heterocycles. The summed E-state index contributed by atoms with van der Waals surface area (Å²) >= 11 is 0. The predicted molar refractivity (Wildman–Crippen MR) is 95.3 cm³/mol. The van der Waals surface area contributed by atoms with Gasteiger partial charge in [0, 0.05) is 11.9 Å². The fourth-order valence-corrected chi connectivity index (χ4v) is 3.10. The maximum atomic E-state index is 12.5. The van der Waals surface area contributed by atoms with Crippen LogP contribution in [0.25, 0.3) is 0 Å². The number of anilines is 1. The Balaban J connectivity index is 2.23. The van der Waals surface area contributed by atoms with Gasteiger partial charge in [0.25, 0.3) is 0 Å². The Hall–Kier alpha value is -3.31. The molecule has 0 heterocycles. The minimum Gasteiger partial charge on any atom is -0.497 e. The molecule has 8 heteroatoms. The van der Waals surface area contributed by atoms with Gasteiger partial charge in [0.05, 0.1) is 24.7 Å². The number of nitriles is 1. The van der Waals surface area contributed by atoms with Crippen molar-refractivity contribution in [3.8, 4) is 11.8 Å². The molecule has 0 aromatic heterocycles. The number of ether oxygens (including phenoxy) is 2. The summed E-state index contributed by atoms with van der Waals surface area (Å²) in [6, 6.07) is 13.6. The summed E-state index contributed by atoms with van der Waals surface area (Å²) in [5, 5.41) is 12.0. The zero-order valence-electron chi connectivity index (χ0n) is 14.1. The zero-order chi connectivity index (χ0) is 19.2. The van der Waals surface area contributed by atoms with E-state index in [0.29, 0.717) is 17.0 Å². The van der Waals surface area contributed by atoms with Crippen molar-refractivity contribution >= 4 is 21.5 Å². The summed E-state index contributed by atoms with van der Waals surface area (Å²) in [7, 11) is -1.21. The van der Waals surface area contributed by atoms with Crippen molar-refractivity contribution in [3.63, 3.8) is 0 Å². The topological polar surface area (TPSA) is 105 Å². The van der Waals surface area contributed by atoms with Crippen molar-refractivity contribution in [2.75, 3.05) is 19.5 Å². The van der Waals surface area contributed by atoms with E-state index in [2.05, 4.69) is 10.1 Å². The molecule has 1 N–H and O–H groups in total. The third kappa shape index (κ3) is 4.20. The van der Waals surface area contributed by atoms with Crippen LogP contribution in [-0.4, -0.2) is 28.6 Å². The molecule has 0 aliphatic heterocycles. The second-order valence-electron chi connectivity index (χ2n) is 5.01. The Morgan fingerprint density at radius 3 is 2.19 bits per heavy atom. The smallest absolute Gasteiger partial charge is 0.337 e. The second-order valence-corrected chi connectivity index (χ2v) is 6.93. The minimum atomic E-state index is -3.96. The number of nitrogens with one attached hydrogen (secondary N) is 1. The number of rotatable bonds is 6. The highest BCUT2D eigenvalue weighted by atomic mass is 32.2. The van der Waals surface area contributed by atoms with Crippen molar-refractivity contribution in [1.82, 2.24) is 0 Å². The molecule has 2 aromatic rings. The van der Waals surface area contributed by atoms with Gasteiger partial charge in [0.15, 0.2) is 4.91 Å². The average Bonchev–Trinajstić information content (AvgIpc) is 2.68. The van der Waals surface area contributed by atoms with Crippen molar-refractivity contribution in [2.24, 2.45) is 0 Å². The number of nitrogens with zero attached hydrogens (tertiary/aromatic N) is 1. The quantitative estimate of drug-likeness (QED) is 0.614. The van der Waals surface area contributed by atoms with Gasteiger partial charge in [-0.25, -0.2) is 13.2 Å². The first-order valence-electron chi connectivity index (χ1n) is 7.36. The molecular weight excluding hydrogens is 356 g/mol. The average molecular weight is 372 g/mol. The number of hydrogen-bond donors (Lipinski definition) is 1. The van der Waals surface area contributed by atoms with Crippen molar-refractivity contribution in [1.29, 1.82) is 5.26 Å². The van der Waals surface area contributed by atoms with Crippen LogP contribution in [0.5, 0.6) is 5.75 Å². The third-order valence-electron chi connectivity index (χ3n) is 3.45. The predicted octanol–water partition coefficient (Wildman–Crippen LogP) is 2.73. The van der Waals surface area contributed by atoms with Gasteiger partial charge in [-0.1, -0.05) is 0 Å². The van der Waals surface area contributed by atoms with E-state index >= 15 is 0 Å². The van der Waals surface area contributed by atoms with Crippen LogP contribution < -0.4 is 10.1 Å². The number of carbonyl (C=O) groups excluding carboxylic acids is 1. The fourth-order valence-electron chi connectivity index (χ4n) is 2.02. The Morgan fingerprint density at radius 2 is 1.69 bits per heavy atom. The molecule has 0 amide bonds. The van der Waals surface area contributed by atoms with Gasteiger partial charge in [-0.2, -0.15) is 5.26 Å². The Morgan fingerprint density at radius 1 is 1.08 bits per heavy atom. The SMILES string of the molecule is COC(=O)c1ccc(NC=C(C#N)S(=O)(=O)c2ccc(OC)cc2)cc1. The van der Waals surface area contributed by atoms with Crippen LogP contribution >= 0.6 is 0 Å². The molecule has 2 rings (SSSR count). The molecule has 0 unspecified atom stereocenters. The maximum Gasteiger partial charge on any atom is 0.337 e. The molecule has 2 aromatic carbocycles. The maximum absolute atomic E-state index is 12.5. The molecule has 26 heavy (non-hydrogen) atoms. The molecular formula is C18H16N2O5S. The number of hydrogen-bond acceptors (Lipinski definition) is 7. The molecule has 0 fully saturated rings. The van der Waals surface area contributed by atoms with Gasteiger partial charge in [-0.15, -0.1) is 0 Å². The van der Waals surface area contributed by atoms with Gasteiger partial charge < -0.3 is 14.8 Å². The number of allylic oxidation sites excluding steroid dienone is 1.